The van der Waals surface area contributed by atoms with E-state index in [9.17, 15) is 38.4 Å². The van der Waals surface area contributed by atoms with Crippen molar-refractivity contribution in [3.63, 3.8) is 0 Å². The molecule has 27 heavy (non-hydrogen) atoms. The number of nitrogens with one attached hydrogen (secondary N) is 1. The Morgan fingerprint density at radius 2 is 1.96 bits per heavy atom. The van der Waals surface area contributed by atoms with Gasteiger partial charge in [0, 0.05) is 0 Å². The largest absolute Gasteiger partial charge is 0.475 e. The van der Waals surface area contributed by atoms with E-state index in [-0.39, 0.29) is 6.29 Å². The van der Waals surface area contributed by atoms with Crippen LogP contribution in [0.2, 0.25) is 0 Å². The minimum Gasteiger partial charge on any atom is -0.475 e. The first-order valence-corrected chi connectivity index (χ1v) is 8.65. The first kappa shape index (κ1) is 23.3. The lowest BCUT2D eigenvalue weighted by molar-refractivity contribution is -0.255. The van der Waals surface area contributed by atoms with Crippen molar-refractivity contribution in [3.8, 4) is 0 Å². The average molecular weight is 417 g/mol. The summed E-state index contributed by atoms with van der Waals surface area (Å²) in [5.74, 6) is -2.49. The van der Waals surface area contributed by atoms with Crippen LogP contribution >= 0.6 is 0 Å². The Bertz CT molecular complexity index is 664. The van der Waals surface area contributed by atoms with Crippen molar-refractivity contribution in [2.45, 2.75) is 42.9 Å². The van der Waals surface area contributed by atoms with Crippen LogP contribution < -0.4 is 4.72 Å². The molecule has 15 heteroatoms. The van der Waals surface area contributed by atoms with Crippen molar-refractivity contribution < 1.29 is 62.7 Å². The van der Waals surface area contributed by atoms with Crippen LogP contribution in [0.3, 0.4) is 0 Å². The van der Waals surface area contributed by atoms with E-state index >= 15 is 0 Å². The molecule has 0 aliphatic carbocycles. The van der Waals surface area contributed by atoms with Gasteiger partial charge in [-0.2, -0.15) is 13.1 Å². The van der Waals surface area contributed by atoms with Gasteiger partial charge in [0.2, 0.25) is 12.0 Å². The number of carboxylic acids is 1. The predicted molar refractivity (Wildman–Crippen MR) is 81.1 cm³/mol. The van der Waals surface area contributed by atoms with Gasteiger partial charge in [-0.25, -0.2) is 4.79 Å². The summed E-state index contributed by atoms with van der Waals surface area (Å²) in [4.78, 5) is 21.9. The molecule has 0 radical (unpaired) electrons. The molecule has 0 spiro atoms. The number of carbonyl (C=O) groups excluding carboxylic acids is 1. The summed E-state index contributed by atoms with van der Waals surface area (Å²) < 4.78 is 41.4. The minimum absolute atomic E-state index is 0.158. The summed E-state index contributed by atoms with van der Waals surface area (Å²) in [6, 6.07) is -2.06. The zero-order valence-electron chi connectivity index (χ0n) is 13.4. The molecule has 1 aliphatic heterocycles. The molecule has 0 amide bonds. The van der Waals surface area contributed by atoms with E-state index in [1.54, 1.807) is 0 Å². The molecule has 156 valence electrons. The molecule has 0 bridgehead atoms. The predicted octanol–water partition coefficient (Wildman–Crippen LogP) is -4.91. The van der Waals surface area contributed by atoms with Crippen molar-refractivity contribution in [2.75, 3.05) is 6.61 Å². The van der Waals surface area contributed by atoms with E-state index in [1.165, 1.54) is 4.72 Å². The molecule has 1 heterocycles. The van der Waals surface area contributed by atoms with Crippen LogP contribution in [-0.2, 0) is 29.4 Å². The first-order valence-electron chi connectivity index (χ1n) is 7.21. The van der Waals surface area contributed by atoms with Crippen LogP contribution in [0.1, 0.15) is 0 Å². The summed E-state index contributed by atoms with van der Waals surface area (Å²) in [6.45, 7) is -1.08. The number of aliphatic hydroxyl groups is 5. The molecule has 1 rings (SSSR count). The monoisotopic (exact) mass is 417 g/mol. The van der Waals surface area contributed by atoms with Gasteiger partial charge in [0.15, 0.2) is 0 Å². The van der Waals surface area contributed by atoms with E-state index in [0.717, 1.165) is 0 Å². The Hall–Kier alpha value is -1.69. The molecule has 14 nitrogen and oxygen atoms in total. The maximum absolute atomic E-state index is 11.0. The Kier molecular flexibility index (Phi) is 8.21. The molecule has 0 unspecified atom stereocenters. The Morgan fingerprint density at radius 3 is 2.41 bits per heavy atom. The third-order valence-corrected chi connectivity index (χ3v) is 3.97. The van der Waals surface area contributed by atoms with Crippen LogP contribution in [0.4, 0.5) is 0 Å². The zero-order chi connectivity index (χ0) is 20.9. The summed E-state index contributed by atoms with van der Waals surface area (Å²) in [5, 5.41) is 57.2. The summed E-state index contributed by atoms with van der Waals surface area (Å²) in [5.41, 5.74) is 0. The first-order chi connectivity index (χ1) is 12.4. The highest BCUT2D eigenvalue weighted by atomic mass is 32.2. The van der Waals surface area contributed by atoms with Gasteiger partial charge in [-0.1, -0.05) is 0 Å². The van der Waals surface area contributed by atoms with Gasteiger partial charge in [0.05, 0.1) is 6.61 Å². The quantitative estimate of drug-likeness (QED) is 0.123. The average Bonchev–Trinajstić information content (AvgIpc) is 2.58. The number of carboxylic acid groups (broad SMARTS) is 1. The lowest BCUT2D eigenvalue weighted by Gasteiger charge is -2.36. The van der Waals surface area contributed by atoms with Gasteiger partial charge in [-0.3, -0.25) is 4.55 Å². The standard InChI is InChI=1S/C12H19NO13S/c14-2-4(13-27(22,23)24)8(18)10(6(17)3-15)26-12-9(19)5(16)1-7(25-12)11(20)21/h1-2,4-6,8-10,12-13,15-19H,3H2,(H,20,21)(H,22,23,24)/t4-,5-,6+,8+,9+,10+,12-/m0/s1. The van der Waals surface area contributed by atoms with Gasteiger partial charge in [0.25, 0.3) is 0 Å². The van der Waals surface area contributed by atoms with Crippen LogP contribution in [-0.4, -0.2) is 105 Å². The van der Waals surface area contributed by atoms with E-state index in [2.05, 4.69) is 0 Å². The summed E-state index contributed by atoms with van der Waals surface area (Å²) in [7, 11) is -4.97. The maximum atomic E-state index is 11.0. The van der Waals surface area contributed by atoms with Crippen molar-refractivity contribution >= 4 is 22.6 Å². The number of hydrogen-bond acceptors (Lipinski definition) is 11. The van der Waals surface area contributed by atoms with Gasteiger partial charge < -0.3 is 44.9 Å². The molecule has 7 atom stereocenters. The van der Waals surface area contributed by atoms with Gasteiger partial charge in [0.1, 0.15) is 42.8 Å². The fourth-order valence-corrected chi connectivity index (χ4v) is 2.63. The van der Waals surface area contributed by atoms with Gasteiger partial charge in [-0.15, -0.1) is 0 Å². The van der Waals surface area contributed by atoms with E-state index in [1.807, 2.05) is 0 Å². The van der Waals surface area contributed by atoms with Crippen molar-refractivity contribution in [1.82, 2.24) is 4.72 Å². The number of hydrogen-bond donors (Lipinski definition) is 8. The number of aldehydes is 1. The lowest BCUT2D eigenvalue weighted by atomic mass is 10.0. The molecule has 0 aromatic rings. The van der Waals surface area contributed by atoms with Crippen LogP contribution in [0.25, 0.3) is 0 Å². The molecule has 0 saturated heterocycles. The molecule has 0 aromatic carbocycles. The molecule has 0 aromatic heterocycles. The molecule has 0 saturated carbocycles. The summed E-state index contributed by atoms with van der Waals surface area (Å²) >= 11 is 0. The third kappa shape index (κ3) is 6.45. The van der Waals surface area contributed by atoms with Crippen molar-refractivity contribution in [2.24, 2.45) is 0 Å². The molecular formula is C12H19NO13S. The molecule has 1 aliphatic rings. The number of rotatable bonds is 10. The number of aliphatic carboxylic acids is 1. The second kappa shape index (κ2) is 9.49. The summed E-state index contributed by atoms with van der Waals surface area (Å²) in [6.07, 6.45) is -11.4. The van der Waals surface area contributed by atoms with Gasteiger partial charge in [-0.05, 0) is 6.08 Å². The van der Waals surface area contributed by atoms with E-state index < -0.39 is 71.5 Å². The third-order valence-electron chi connectivity index (χ3n) is 3.40. The molecule has 8 N–H and O–H groups in total. The van der Waals surface area contributed by atoms with E-state index in [4.69, 9.17) is 24.2 Å². The normalized spacial score (nSPS) is 27.6. The lowest BCUT2D eigenvalue weighted by Crippen LogP contribution is -2.57. The van der Waals surface area contributed by atoms with Crippen LogP contribution in [0, 0.1) is 0 Å². The highest BCUT2D eigenvalue weighted by Gasteiger charge is 2.42. The Morgan fingerprint density at radius 1 is 1.37 bits per heavy atom. The van der Waals surface area contributed by atoms with Crippen molar-refractivity contribution in [1.29, 1.82) is 0 Å². The number of aliphatic hydroxyl groups excluding tert-OH is 5. The van der Waals surface area contributed by atoms with E-state index in [0.29, 0.717) is 6.08 Å². The SMILES string of the molecule is O=C[C@H](NS(=O)(=O)O)[C@@H](O)[C@H](O[C@@H]1OC(C(=O)O)=C[C@H](O)[C@H]1O)[C@H](O)CO. The molecule has 0 fully saturated rings. The second-order valence-corrected chi connectivity index (χ2v) is 6.59. The topological polar surface area (TPSA) is 240 Å². The highest BCUT2D eigenvalue weighted by Crippen LogP contribution is 2.23. The second-order valence-electron chi connectivity index (χ2n) is 5.40. The smallest absolute Gasteiger partial charge is 0.371 e. The van der Waals surface area contributed by atoms with Crippen LogP contribution in [0.5, 0.6) is 0 Å². The van der Waals surface area contributed by atoms with Crippen molar-refractivity contribution in [3.05, 3.63) is 11.8 Å². The van der Waals surface area contributed by atoms with Gasteiger partial charge >= 0.3 is 16.3 Å². The minimum atomic E-state index is -4.97. The Balaban J connectivity index is 3.08. The fourth-order valence-electron chi connectivity index (χ4n) is 2.09. The number of carbonyl (C=O) groups is 2. The highest BCUT2D eigenvalue weighted by molar-refractivity contribution is 7.83. The zero-order valence-corrected chi connectivity index (χ0v) is 14.2. The van der Waals surface area contributed by atoms with Crippen LogP contribution in [0.15, 0.2) is 11.8 Å². The Labute approximate surface area is 152 Å². The fraction of sp³-hybridized carbons (Fsp3) is 0.667. The number of ether oxygens (including phenoxy) is 2. The maximum Gasteiger partial charge on any atom is 0.371 e. The molecular weight excluding hydrogens is 398 g/mol.